The van der Waals surface area contributed by atoms with Gasteiger partial charge in [-0.1, -0.05) is 78.4 Å². The van der Waals surface area contributed by atoms with Gasteiger partial charge in [-0.25, -0.2) is 0 Å². The molecule has 0 rings (SSSR count). The third-order valence-electron chi connectivity index (χ3n) is 5.19. The second-order valence-corrected chi connectivity index (χ2v) is 8.50. The van der Waals surface area contributed by atoms with Gasteiger partial charge in [0.2, 0.25) is 0 Å². The van der Waals surface area contributed by atoms with Crippen molar-refractivity contribution >= 4 is 11.8 Å². The van der Waals surface area contributed by atoms with Crippen LogP contribution < -0.4 is 0 Å². The van der Waals surface area contributed by atoms with Crippen molar-refractivity contribution in [3.63, 3.8) is 0 Å². The van der Waals surface area contributed by atoms with E-state index in [1.54, 1.807) is 0 Å². The van der Waals surface area contributed by atoms with Gasteiger partial charge in [-0.15, -0.1) is 0 Å². The molecule has 0 heterocycles. The van der Waals surface area contributed by atoms with Crippen LogP contribution in [0.25, 0.3) is 0 Å². The SMILES string of the molecule is C=C(CCCCSCCC(CC)CCC)CCC(CC)CCC. The van der Waals surface area contributed by atoms with Crippen LogP contribution in [0.5, 0.6) is 0 Å². The van der Waals surface area contributed by atoms with E-state index in [0.29, 0.717) is 0 Å². The average molecular weight is 341 g/mol. The zero-order chi connectivity index (χ0) is 17.3. The summed E-state index contributed by atoms with van der Waals surface area (Å²) < 4.78 is 0. The average Bonchev–Trinajstić information content (AvgIpc) is 2.56. The summed E-state index contributed by atoms with van der Waals surface area (Å²) in [4.78, 5) is 0. The first-order chi connectivity index (χ1) is 11.2. The molecule has 0 aromatic rings. The van der Waals surface area contributed by atoms with Crippen LogP contribution in [-0.4, -0.2) is 11.5 Å². The molecule has 0 bridgehead atoms. The molecule has 2 unspecified atom stereocenters. The van der Waals surface area contributed by atoms with Crippen LogP contribution in [0.1, 0.15) is 105 Å². The van der Waals surface area contributed by atoms with Gasteiger partial charge in [0.25, 0.3) is 0 Å². The van der Waals surface area contributed by atoms with Crippen molar-refractivity contribution in [2.75, 3.05) is 11.5 Å². The van der Waals surface area contributed by atoms with Gasteiger partial charge in [-0.05, 0) is 61.9 Å². The first-order valence-electron chi connectivity index (χ1n) is 10.4. The van der Waals surface area contributed by atoms with E-state index in [4.69, 9.17) is 0 Å². The number of hydrogen-bond acceptors (Lipinski definition) is 1. The normalized spacial score (nSPS) is 13.9. The lowest BCUT2D eigenvalue weighted by atomic mass is 9.92. The van der Waals surface area contributed by atoms with Crippen LogP contribution in [0, 0.1) is 11.8 Å². The van der Waals surface area contributed by atoms with E-state index in [1.807, 2.05) is 0 Å². The zero-order valence-corrected chi connectivity index (χ0v) is 17.5. The zero-order valence-electron chi connectivity index (χ0n) is 16.7. The topological polar surface area (TPSA) is 0 Å². The molecule has 2 atom stereocenters. The van der Waals surface area contributed by atoms with Crippen LogP contribution in [0.3, 0.4) is 0 Å². The van der Waals surface area contributed by atoms with Gasteiger partial charge in [0.1, 0.15) is 0 Å². The molecule has 0 nitrogen and oxygen atoms in total. The highest BCUT2D eigenvalue weighted by Gasteiger charge is 2.06. The molecule has 23 heavy (non-hydrogen) atoms. The first-order valence-corrected chi connectivity index (χ1v) is 11.6. The van der Waals surface area contributed by atoms with Crippen LogP contribution >= 0.6 is 11.8 Å². The Balaban J connectivity index is 3.48. The minimum Gasteiger partial charge on any atom is -0.162 e. The van der Waals surface area contributed by atoms with Gasteiger partial charge in [-0.3, -0.25) is 0 Å². The van der Waals surface area contributed by atoms with Gasteiger partial charge in [-0.2, -0.15) is 11.8 Å². The van der Waals surface area contributed by atoms with E-state index < -0.39 is 0 Å². The Morgan fingerprint density at radius 2 is 1.35 bits per heavy atom. The summed E-state index contributed by atoms with van der Waals surface area (Å²) in [5.41, 5.74) is 1.50. The molecule has 1 heteroatoms. The molecule has 0 aliphatic heterocycles. The highest BCUT2D eigenvalue weighted by Crippen LogP contribution is 2.22. The summed E-state index contributed by atoms with van der Waals surface area (Å²) in [6, 6.07) is 0. The first kappa shape index (κ1) is 23.1. The van der Waals surface area contributed by atoms with E-state index in [2.05, 4.69) is 46.0 Å². The smallest absolute Gasteiger partial charge is 0.00649 e. The maximum absolute atomic E-state index is 4.30. The molecule has 0 fully saturated rings. The third kappa shape index (κ3) is 14.2. The van der Waals surface area contributed by atoms with Crippen LogP contribution in [-0.2, 0) is 0 Å². The van der Waals surface area contributed by atoms with Crippen LogP contribution in [0.2, 0.25) is 0 Å². The molecule has 0 amide bonds. The number of thioether (sulfide) groups is 1. The molecule has 0 radical (unpaired) electrons. The maximum Gasteiger partial charge on any atom is -0.00649 e. The second kappa shape index (κ2) is 16.9. The maximum atomic E-state index is 4.30. The van der Waals surface area contributed by atoms with E-state index in [9.17, 15) is 0 Å². The lowest BCUT2D eigenvalue weighted by Crippen LogP contribution is -2.00. The summed E-state index contributed by atoms with van der Waals surface area (Å²) in [7, 11) is 0. The van der Waals surface area contributed by atoms with Gasteiger partial charge in [0.05, 0.1) is 0 Å². The summed E-state index contributed by atoms with van der Waals surface area (Å²) in [6.07, 6.45) is 16.3. The molecular weight excluding hydrogens is 296 g/mol. The van der Waals surface area contributed by atoms with Gasteiger partial charge in [0.15, 0.2) is 0 Å². The monoisotopic (exact) mass is 340 g/mol. The second-order valence-electron chi connectivity index (χ2n) is 7.27. The molecule has 0 aliphatic rings. The molecule has 138 valence electrons. The Hall–Kier alpha value is 0.0900. The fourth-order valence-corrected chi connectivity index (χ4v) is 4.50. The fraction of sp³-hybridized carbons (Fsp3) is 0.909. The summed E-state index contributed by atoms with van der Waals surface area (Å²) in [6.45, 7) is 13.6. The predicted octanol–water partition coefficient (Wildman–Crippen LogP) is 8.27. The van der Waals surface area contributed by atoms with Crippen molar-refractivity contribution in [2.45, 2.75) is 105 Å². The number of hydrogen-bond donors (Lipinski definition) is 0. The predicted molar refractivity (Wildman–Crippen MR) is 112 cm³/mol. The Kier molecular flexibility index (Phi) is 17.0. The van der Waals surface area contributed by atoms with E-state index in [1.165, 1.54) is 94.1 Å². The van der Waals surface area contributed by atoms with Crippen molar-refractivity contribution in [2.24, 2.45) is 11.8 Å². The Morgan fingerprint density at radius 3 is 1.91 bits per heavy atom. The molecule has 0 N–H and O–H groups in total. The molecule has 0 spiro atoms. The third-order valence-corrected chi connectivity index (χ3v) is 6.30. The number of unbranched alkanes of at least 4 members (excludes halogenated alkanes) is 1. The Labute approximate surface area is 152 Å². The Bertz CT molecular complexity index is 259. The van der Waals surface area contributed by atoms with E-state index >= 15 is 0 Å². The largest absolute Gasteiger partial charge is 0.162 e. The fourth-order valence-electron chi connectivity index (χ4n) is 3.39. The standard InChI is InChI=1S/C22H44S/c1-6-12-21(8-3)16-15-20(5)14-10-11-18-23-19-17-22(9-4)13-7-2/h21-22H,5-19H2,1-4H3. The van der Waals surface area contributed by atoms with E-state index in [-0.39, 0.29) is 0 Å². The molecule has 0 aromatic heterocycles. The highest BCUT2D eigenvalue weighted by atomic mass is 32.2. The Morgan fingerprint density at radius 1 is 0.739 bits per heavy atom. The molecular formula is C22H44S. The van der Waals surface area contributed by atoms with Gasteiger partial charge < -0.3 is 0 Å². The van der Waals surface area contributed by atoms with Gasteiger partial charge in [0, 0.05) is 0 Å². The van der Waals surface area contributed by atoms with E-state index in [0.717, 1.165) is 11.8 Å². The quantitative estimate of drug-likeness (QED) is 0.190. The molecule has 0 saturated carbocycles. The van der Waals surface area contributed by atoms with Crippen molar-refractivity contribution in [3.8, 4) is 0 Å². The molecule has 0 saturated heterocycles. The van der Waals surface area contributed by atoms with Crippen molar-refractivity contribution in [3.05, 3.63) is 12.2 Å². The van der Waals surface area contributed by atoms with Crippen LogP contribution in [0.15, 0.2) is 12.2 Å². The summed E-state index contributed by atoms with van der Waals surface area (Å²) >= 11 is 2.17. The van der Waals surface area contributed by atoms with Gasteiger partial charge >= 0.3 is 0 Å². The lowest BCUT2D eigenvalue weighted by molar-refractivity contribution is 0.429. The lowest BCUT2D eigenvalue weighted by Gasteiger charge is -2.14. The minimum atomic E-state index is 0.932. The van der Waals surface area contributed by atoms with Crippen LogP contribution in [0.4, 0.5) is 0 Å². The summed E-state index contributed by atoms with van der Waals surface area (Å²) in [5.74, 6) is 4.63. The van der Waals surface area contributed by atoms with Crippen molar-refractivity contribution in [1.82, 2.24) is 0 Å². The number of allylic oxidation sites excluding steroid dienone is 1. The van der Waals surface area contributed by atoms with Crippen molar-refractivity contribution < 1.29 is 0 Å². The minimum absolute atomic E-state index is 0.932. The molecule has 0 aromatic carbocycles. The molecule has 0 aliphatic carbocycles. The highest BCUT2D eigenvalue weighted by molar-refractivity contribution is 7.99. The summed E-state index contributed by atoms with van der Waals surface area (Å²) in [5, 5.41) is 0. The number of rotatable bonds is 17. The van der Waals surface area contributed by atoms with Crippen molar-refractivity contribution in [1.29, 1.82) is 0 Å².